The Morgan fingerprint density at radius 2 is 1.37 bits per heavy atom. The monoisotopic (exact) mass is 454 g/mol. The van der Waals surface area contributed by atoms with Gasteiger partial charge in [-0.15, -0.1) is 10.2 Å². The fourth-order valence-corrected chi connectivity index (χ4v) is 4.20. The summed E-state index contributed by atoms with van der Waals surface area (Å²) in [5.74, 6) is 0.129. The van der Waals surface area contributed by atoms with E-state index in [2.05, 4.69) is 18.6 Å². The summed E-state index contributed by atoms with van der Waals surface area (Å²) in [6, 6.07) is 8.44. The predicted octanol–water partition coefficient (Wildman–Crippen LogP) is 2.82. The molecule has 12 heteroatoms. The fourth-order valence-electron chi connectivity index (χ4n) is 2.53. The molecule has 0 radical (unpaired) electrons. The van der Waals surface area contributed by atoms with Crippen molar-refractivity contribution in [2.45, 2.75) is 23.6 Å². The third-order valence-electron chi connectivity index (χ3n) is 4.01. The minimum atomic E-state index is -4.23. The van der Waals surface area contributed by atoms with Crippen molar-refractivity contribution < 1.29 is 34.4 Å². The number of nitrogens with zero attached hydrogens (tertiary/aromatic N) is 2. The van der Waals surface area contributed by atoms with Crippen LogP contribution in [-0.4, -0.2) is 41.3 Å². The Balaban J connectivity index is 2.16. The number of aryl methyl sites for hydroxylation is 2. The molecule has 3 rings (SSSR count). The minimum absolute atomic E-state index is 0.101. The van der Waals surface area contributed by atoms with E-state index in [0.717, 1.165) is 14.2 Å². The Morgan fingerprint density at radius 1 is 0.800 bits per heavy atom. The average molecular weight is 454 g/mol. The predicted molar refractivity (Wildman–Crippen MR) is 104 cm³/mol. The van der Waals surface area contributed by atoms with E-state index in [0.29, 0.717) is 17.0 Å². The van der Waals surface area contributed by atoms with Crippen molar-refractivity contribution in [3.05, 3.63) is 47.9 Å². The molecule has 0 aliphatic rings. The van der Waals surface area contributed by atoms with Crippen LogP contribution in [0, 0.1) is 13.8 Å². The van der Waals surface area contributed by atoms with Crippen molar-refractivity contribution in [3.8, 4) is 23.0 Å². The molecule has 0 saturated heterocycles. The van der Waals surface area contributed by atoms with Gasteiger partial charge in [0.25, 0.3) is 20.2 Å². The van der Waals surface area contributed by atoms with Crippen LogP contribution in [0.15, 0.2) is 50.6 Å². The zero-order chi connectivity index (χ0) is 22.1. The van der Waals surface area contributed by atoms with Gasteiger partial charge in [-0.3, -0.25) is 8.37 Å². The molecule has 0 N–H and O–H groups in total. The van der Waals surface area contributed by atoms with E-state index >= 15 is 0 Å². The van der Waals surface area contributed by atoms with Gasteiger partial charge < -0.3 is 9.15 Å². The zero-order valence-corrected chi connectivity index (χ0v) is 18.1. The quantitative estimate of drug-likeness (QED) is 0.490. The van der Waals surface area contributed by atoms with Crippen LogP contribution < -0.4 is 4.74 Å². The standard InChI is InChI=1S/C18H18N2O8S2/c1-11-5-7-14(16(9-11)29(21,22)25-3)28-15-8-6-13(18-20-19-12(2)27-18)10-17(15)30(23,24)26-4/h5-10H,1-4H3. The van der Waals surface area contributed by atoms with Crippen LogP contribution in [0.3, 0.4) is 0 Å². The SMILES string of the molecule is COS(=O)(=O)c1cc(C)ccc1Oc1ccc(-c2nnc(C)o2)cc1S(=O)(=O)OC. The lowest BCUT2D eigenvalue weighted by molar-refractivity contribution is 0.385. The van der Waals surface area contributed by atoms with Crippen LogP contribution in [0.25, 0.3) is 11.5 Å². The van der Waals surface area contributed by atoms with Crippen molar-refractivity contribution in [1.29, 1.82) is 0 Å². The van der Waals surface area contributed by atoms with Crippen molar-refractivity contribution in [2.75, 3.05) is 14.2 Å². The number of aromatic nitrogens is 2. The Bertz CT molecular complexity index is 1300. The van der Waals surface area contributed by atoms with Crippen molar-refractivity contribution >= 4 is 20.2 Å². The molecular formula is C18H18N2O8S2. The van der Waals surface area contributed by atoms with E-state index in [4.69, 9.17) is 9.15 Å². The lowest BCUT2D eigenvalue weighted by Gasteiger charge is -2.14. The normalized spacial score (nSPS) is 12.1. The highest BCUT2D eigenvalue weighted by Crippen LogP contribution is 2.36. The molecule has 0 aliphatic heterocycles. The Kier molecular flexibility index (Phi) is 5.94. The first kappa shape index (κ1) is 21.9. The molecule has 0 bridgehead atoms. The molecular weight excluding hydrogens is 436 g/mol. The Morgan fingerprint density at radius 3 is 1.90 bits per heavy atom. The number of hydrogen-bond donors (Lipinski definition) is 0. The van der Waals surface area contributed by atoms with Gasteiger partial charge in [0, 0.05) is 12.5 Å². The van der Waals surface area contributed by atoms with Crippen LogP contribution in [-0.2, 0) is 28.6 Å². The van der Waals surface area contributed by atoms with Gasteiger partial charge in [0.1, 0.15) is 21.3 Å². The van der Waals surface area contributed by atoms with Crippen LogP contribution in [0.4, 0.5) is 0 Å². The minimum Gasteiger partial charge on any atom is -0.454 e. The van der Waals surface area contributed by atoms with Crippen LogP contribution in [0.5, 0.6) is 11.5 Å². The maximum atomic E-state index is 12.5. The topological polar surface area (TPSA) is 135 Å². The molecule has 0 unspecified atom stereocenters. The molecule has 0 fully saturated rings. The molecule has 1 aromatic heterocycles. The van der Waals surface area contributed by atoms with E-state index in [1.807, 2.05) is 0 Å². The first-order chi connectivity index (χ1) is 14.1. The summed E-state index contributed by atoms with van der Waals surface area (Å²) in [6.45, 7) is 3.29. The zero-order valence-electron chi connectivity index (χ0n) is 16.4. The molecule has 0 spiro atoms. The van der Waals surface area contributed by atoms with Crippen LogP contribution >= 0.6 is 0 Å². The highest BCUT2D eigenvalue weighted by atomic mass is 32.2. The maximum Gasteiger partial charge on any atom is 0.300 e. The summed E-state index contributed by atoms with van der Waals surface area (Å²) in [7, 11) is -6.33. The summed E-state index contributed by atoms with van der Waals surface area (Å²) >= 11 is 0. The fraction of sp³-hybridized carbons (Fsp3) is 0.222. The van der Waals surface area contributed by atoms with Crippen LogP contribution in [0.2, 0.25) is 0 Å². The number of hydrogen-bond acceptors (Lipinski definition) is 10. The lowest BCUT2D eigenvalue weighted by Crippen LogP contribution is -2.08. The smallest absolute Gasteiger partial charge is 0.300 e. The number of benzene rings is 2. The number of rotatable bonds is 7. The van der Waals surface area contributed by atoms with Gasteiger partial charge in [0.05, 0.1) is 14.2 Å². The second-order valence-electron chi connectivity index (χ2n) is 6.08. The highest BCUT2D eigenvalue weighted by molar-refractivity contribution is 7.87. The molecule has 0 atom stereocenters. The van der Waals surface area contributed by atoms with Crippen molar-refractivity contribution in [1.82, 2.24) is 10.2 Å². The third kappa shape index (κ3) is 4.36. The third-order valence-corrected chi connectivity index (χ3v) is 6.61. The van der Waals surface area contributed by atoms with Gasteiger partial charge in [-0.2, -0.15) is 16.8 Å². The van der Waals surface area contributed by atoms with Gasteiger partial charge in [0.15, 0.2) is 0 Å². The molecule has 30 heavy (non-hydrogen) atoms. The summed E-state index contributed by atoms with van der Waals surface area (Å²) < 4.78 is 69.7. The molecule has 10 nitrogen and oxygen atoms in total. The van der Waals surface area contributed by atoms with Crippen molar-refractivity contribution in [2.24, 2.45) is 0 Å². The van der Waals surface area contributed by atoms with E-state index in [-0.39, 0.29) is 27.2 Å². The van der Waals surface area contributed by atoms with E-state index in [1.54, 1.807) is 19.9 Å². The first-order valence-corrected chi connectivity index (χ1v) is 11.2. The Hall–Kier alpha value is -2.80. The summed E-state index contributed by atoms with van der Waals surface area (Å²) in [5, 5.41) is 7.57. The molecule has 2 aromatic carbocycles. The Labute approximate surface area is 173 Å². The molecule has 0 aliphatic carbocycles. The molecule has 0 amide bonds. The first-order valence-electron chi connectivity index (χ1n) is 8.41. The second-order valence-corrected chi connectivity index (χ2v) is 9.44. The largest absolute Gasteiger partial charge is 0.454 e. The molecule has 3 aromatic rings. The molecule has 160 valence electrons. The second kappa shape index (κ2) is 8.14. The van der Waals surface area contributed by atoms with E-state index in [1.165, 1.54) is 30.3 Å². The average Bonchev–Trinajstić information content (AvgIpc) is 3.15. The summed E-state index contributed by atoms with van der Waals surface area (Å²) in [4.78, 5) is -0.595. The van der Waals surface area contributed by atoms with Gasteiger partial charge in [-0.25, -0.2) is 0 Å². The van der Waals surface area contributed by atoms with E-state index in [9.17, 15) is 16.8 Å². The highest BCUT2D eigenvalue weighted by Gasteiger charge is 2.25. The number of ether oxygens (including phenoxy) is 1. The van der Waals surface area contributed by atoms with Crippen LogP contribution in [0.1, 0.15) is 11.5 Å². The van der Waals surface area contributed by atoms with E-state index < -0.39 is 20.2 Å². The van der Waals surface area contributed by atoms with Gasteiger partial charge in [-0.05, 0) is 42.8 Å². The van der Waals surface area contributed by atoms with Crippen molar-refractivity contribution in [3.63, 3.8) is 0 Å². The van der Waals surface area contributed by atoms with Gasteiger partial charge >= 0.3 is 0 Å². The van der Waals surface area contributed by atoms with Gasteiger partial charge in [-0.1, -0.05) is 6.07 Å². The molecule has 0 saturated carbocycles. The summed E-state index contributed by atoms with van der Waals surface area (Å²) in [6.07, 6.45) is 0. The molecule has 1 heterocycles. The maximum absolute atomic E-state index is 12.5. The van der Waals surface area contributed by atoms with Gasteiger partial charge in [0.2, 0.25) is 11.8 Å². The lowest BCUT2D eigenvalue weighted by atomic mass is 10.2. The summed E-state index contributed by atoms with van der Waals surface area (Å²) in [5.41, 5.74) is 0.956.